The summed E-state index contributed by atoms with van der Waals surface area (Å²) in [7, 11) is 0. The van der Waals surface area contributed by atoms with Gasteiger partial charge < -0.3 is 15.7 Å². The Morgan fingerprint density at radius 1 is 1.00 bits per heavy atom. The molecular weight excluding hydrogens is 599 g/mol. The molecule has 1 aromatic heterocycles. The van der Waals surface area contributed by atoms with E-state index in [0.717, 1.165) is 24.6 Å². The molecule has 1 aliphatic carbocycles. The SMILES string of the molecule is Cc1nn(-c2ccccc2)c2c1C(c1cccc(NC(=O)C3=CCC3)c1)C(NC(=O)c1cccc(C(F)(F)F)c1)C(=O)N2CCO. The molecule has 0 fully saturated rings. The number of para-hydroxylation sites is 1. The summed E-state index contributed by atoms with van der Waals surface area (Å²) in [5, 5.41) is 20.3. The summed E-state index contributed by atoms with van der Waals surface area (Å²) in [6, 6.07) is 18.7. The van der Waals surface area contributed by atoms with E-state index in [1.165, 1.54) is 11.0 Å². The zero-order chi connectivity index (χ0) is 32.6. The monoisotopic (exact) mass is 629 g/mol. The van der Waals surface area contributed by atoms with E-state index in [4.69, 9.17) is 5.10 Å². The number of benzene rings is 3. The van der Waals surface area contributed by atoms with Gasteiger partial charge in [0, 0.05) is 28.3 Å². The highest BCUT2D eigenvalue weighted by molar-refractivity contribution is 6.06. The molecular formula is C34H30F3N5O4. The van der Waals surface area contributed by atoms with Crippen LogP contribution in [0.4, 0.5) is 24.7 Å². The highest BCUT2D eigenvalue weighted by Crippen LogP contribution is 2.44. The van der Waals surface area contributed by atoms with E-state index in [0.29, 0.717) is 46.0 Å². The molecule has 0 radical (unpaired) electrons. The topological polar surface area (TPSA) is 117 Å². The van der Waals surface area contributed by atoms with Crippen LogP contribution in [0.1, 0.15) is 51.5 Å². The van der Waals surface area contributed by atoms with Gasteiger partial charge in [-0.1, -0.05) is 42.5 Å². The van der Waals surface area contributed by atoms with Crippen molar-refractivity contribution >= 4 is 29.2 Å². The molecule has 3 aromatic carbocycles. The average molecular weight is 630 g/mol. The van der Waals surface area contributed by atoms with Crippen LogP contribution >= 0.6 is 0 Å². The molecule has 2 heterocycles. The Kier molecular flexibility index (Phi) is 8.22. The van der Waals surface area contributed by atoms with Gasteiger partial charge in [-0.25, -0.2) is 4.68 Å². The van der Waals surface area contributed by atoms with E-state index in [1.807, 2.05) is 36.4 Å². The standard InChI is InChI=1S/C34H30F3N5O4/c1-20-27-28(22-10-7-13-25(19-22)38-30(44)21-8-5-9-21)29(39-31(45)23-11-6-12-24(18-23)34(35,36)37)33(46)41(16-17-43)32(27)42(40-20)26-14-3-2-4-15-26/h2-4,6-8,10-15,18-19,28-29,43H,5,9,16-17H2,1H3,(H,38,44)(H,39,45). The molecule has 3 amide bonds. The van der Waals surface area contributed by atoms with Crippen molar-refractivity contribution in [3.63, 3.8) is 0 Å². The lowest BCUT2D eigenvalue weighted by molar-refractivity contribution is -0.137. The third-order valence-electron chi connectivity index (χ3n) is 8.18. The summed E-state index contributed by atoms with van der Waals surface area (Å²) >= 11 is 0. The number of halogens is 3. The number of amides is 3. The first-order valence-electron chi connectivity index (χ1n) is 14.7. The van der Waals surface area contributed by atoms with Crippen molar-refractivity contribution in [1.82, 2.24) is 15.1 Å². The Morgan fingerprint density at radius 3 is 2.41 bits per heavy atom. The number of aryl methyl sites for hydroxylation is 1. The van der Waals surface area contributed by atoms with Crippen molar-refractivity contribution in [2.45, 2.75) is 37.9 Å². The van der Waals surface area contributed by atoms with Gasteiger partial charge in [0.25, 0.3) is 17.7 Å². The lowest BCUT2D eigenvalue weighted by Crippen LogP contribution is -2.56. The Bertz CT molecular complexity index is 1850. The minimum atomic E-state index is -4.67. The number of aliphatic hydroxyl groups excluding tert-OH is 1. The molecule has 2 unspecified atom stereocenters. The lowest BCUT2D eigenvalue weighted by Gasteiger charge is -2.38. The van der Waals surface area contributed by atoms with E-state index >= 15 is 0 Å². The summed E-state index contributed by atoms with van der Waals surface area (Å²) in [5.74, 6) is -2.16. The van der Waals surface area contributed by atoms with Crippen molar-refractivity contribution in [3.05, 3.63) is 118 Å². The molecule has 0 bridgehead atoms. The predicted octanol–water partition coefficient (Wildman–Crippen LogP) is 5.13. The van der Waals surface area contributed by atoms with Crippen LogP contribution in [0.15, 0.2) is 90.5 Å². The van der Waals surface area contributed by atoms with Crippen LogP contribution in [-0.2, 0) is 15.8 Å². The molecule has 1 aliphatic heterocycles. The van der Waals surface area contributed by atoms with Crippen LogP contribution in [-0.4, -0.2) is 51.8 Å². The number of carbonyl (C=O) groups excluding carboxylic acids is 3. The average Bonchev–Trinajstić information content (AvgIpc) is 3.35. The minimum absolute atomic E-state index is 0.127. The number of allylic oxidation sites excluding steroid dienone is 1. The number of hydrogen-bond acceptors (Lipinski definition) is 5. The van der Waals surface area contributed by atoms with Crippen molar-refractivity contribution < 1.29 is 32.7 Å². The number of fused-ring (bicyclic) bond motifs is 1. The normalized spacial score (nSPS) is 17.5. The maximum Gasteiger partial charge on any atom is 0.416 e. The van der Waals surface area contributed by atoms with Gasteiger partial charge in [0.15, 0.2) is 0 Å². The zero-order valence-corrected chi connectivity index (χ0v) is 24.7. The molecule has 6 rings (SSSR count). The first-order valence-corrected chi connectivity index (χ1v) is 14.7. The highest BCUT2D eigenvalue weighted by Gasteiger charge is 2.46. The van der Waals surface area contributed by atoms with Gasteiger partial charge in [0.1, 0.15) is 11.9 Å². The first-order chi connectivity index (χ1) is 22.1. The largest absolute Gasteiger partial charge is 0.416 e. The van der Waals surface area contributed by atoms with Crippen LogP contribution in [0.5, 0.6) is 0 Å². The third-order valence-corrected chi connectivity index (χ3v) is 8.18. The second kappa shape index (κ2) is 12.3. The van der Waals surface area contributed by atoms with Gasteiger partial charge in [-0.15, -0.1) is 0 Å². The second-order valence-corrected chi connectivity index (χ2v) is 11.1. The molecule has 9 nitrogen and oxygen atoms in total. The molecule has 2 aliphatic rings. The number of carbonyl (C=O) groups is 3. The van der Waals surface area contributed by atoms with E-state index in [2.05, 4.69) is 10.6 Å². The van der Waals surface area contributed by atoms with Gasteiger partial charge in [0.2, 0.25) is 0 Å². The van der Waals surface area contributed by atoms with Crippen molar-refractivity contribution in [2.24, 2.45) is 0 Å². The molecule has 4 aromatic rings. The molecule has 0 spiro atoms. The number of aliphatic hydroxyl groups is 1. The fraction of sp³-hybridized carbons (Fsp3) is 0.235. The predicted molar refractivity (Wildman–Crippen MR) is 165 cm³/mol. The fourth-order valence-electron chi connectivity index (χ4n) is 5.88. The Balaban J connectivity index is 1.48. The number of alkyl halides is 3. The van der Waals surface area contributed by atoms with Crippen molar-refractivity contribution in [2.75, 3.05) is 23.4 Å². The summed E-state index contributed by atoms with van der Waals surface area (Å²) in [5.41, 5.74) is 2.20. The first kappa shape index (κ1) is 30.8. The van der Waals surface area contributed by atoms with Gasteiger partial charge in [-0.05, 0) is 67.8 Å². The Labute approximate surface area is 262 Å². The van der Waals surface area contributed by atoms with Gasteiger partial charge in [0.05, 0.1) is 30.1 Å². The van der Waals surface area contributed by atoms with E-state index < -0.39 is 42.1 Å². The van der Waals surface area contributed by atoms with Crippen LogP contribution in [0.3, 0.4) is 0 Å². The van der Waals surface area contributed by atoms with Crippen LogP contribution in [0, 0.1) is 6.92 Å². The number of rotatable bonds is 8. The van der Waals surface area contributed by atoms with Crippen molar-refractivity contribution in [1.29, 1.82) is 0 Å². The smallest absolute Gasteiger partial charge is 0.395 e. The van der Waals surface area contributed by atoms with E-state index in [1.54, 1.807) is 35.9 Å². The summed E-state index contributed by atoms with van der Waals surface area (Å²) in [4.78, 5) is 41.9. The number of aromatic nitrogens is 2. The minimum Gasteiger partial charge on any atom is -0.395 e. The van der Waals surface area contributed by atoms with Crippen LogP contribution < -0.4 is 15.5 Å². The number of β-amino-alcohol motifs (C(OH)–C–C–N with tert-alkyl or cyclic N) is 1. The van der Waals surface area contributed by atoms with Crippen LogP contribution in [0.25, 0.3) is 5.69 Å². The van der Waals surface area contributed by atoms with E-state index in [-0.39, 0.29) is 18.0 Å². The van der Waals surface area contributed by atoms with E-state index in [9.17, 15) is 32.7 Å². The molecule has 0 saturated heterocycles. The van der Waals surface area contributed by atoms with Gasteiger partial charge >= 0.3 is 6.18 Å². The molecule has 0 saturated carbocycles. The second-order valence-electron chi connectivity index (χ2n) is 11.1. The summed E-state index contributed by atoms with van der Waals surface area (Å²) in [6.07, 6.45) is -1.32. The van der Waals surface area contributed by atoms with Gasteiger partial charge in [-0.2, -0.15) is 18.3 Å². The summed E-state index contributed by atoms with van der Waals surface area (Å²) < 4.78 is 42.0. The third kappa shape index (κ3) is 5.79. The molecule has 3 N–H and O–H groups in total. The van der Waals surface area contributed by atoms with Crippen molar-refractivity contribution in [3.8, 4) is 5.69 Å². The molecule has 46 heavy (non-hydrogen) atoms. The zero-order valence-electron chi connectivity index (χ0n) is 24.7. The highest BCUT2D eigenvalue weighted by atomic mass is 19.4. The molecule has 236 valence electrons. The maximum atomic E-state index is 14.3. The molecule has 2 atom stereocenters. The number of nitrogens with one attached hydrogen (secondary N) is 2. The fourth-order valence-corrected chi connectivity index (χ4v) is 5.88. The maximum absolute atomic E-state index is 14.3. The number of hydrogen-bond donors (Lipinski definition) is 3. The number of nitrogens with zero attached hydrogens (tertiary/aromatic N) is 3. The Hall–Kier alpha value is -5.23. The molecule has 12 heteroatoms. The Morgan fingerprint density at radius 2 is 1.74 bits per heavy atom. The van der Waals surface area contributed by atoms with Crippen LogP contribution in [0.2, 0.25) is 0 Å². The number of anilines is 2. The summed E-state index contributed by atoms with van der Waals surface area (Å²) in [6.45, 7) is 1.23. The lowest BCUT2D eigenvalue weighted by atomic mass is 9.80. The van der Waals surface area contributed by atoms with Gasteiger partial charge in [-0.3, -0.25) is 19.3 Å². The quantitative estimate of drug-likeness (QED) is 0.250.